The lowest BCUT2D eigenvalue weighted by Crippen LogP contribution is -2.60. The second kappa shape index (κ2) is 49.7. The lowest BCUT2D eigenvalue weighted by atomic mass is 9.99. The molecule has 0 aliphatic carbocycles. The Kier molecular flexibility index (Phi) is 47.0. The summed E-state index contributed by atoms with van der Waals surface area (Å²) >= 11 is 0. The third-order valence-corrected chi connectivity index (χ3v) is 13.9. The van der Waals surface area contributed by atoms with E-state index in [1.165, 1.54) is 199 Å². The summed E-state index contributed by atoms with van der Waals surface area (Å²) in [6, 6.07) is -0.803. The number of carbonyl (C=O) groups is 1. The van der Waals surface area contributed by atoms with Crippen LogP contribution in [0.5, 0.6) is 0 Å². The zero-order chi connectivity index (χ0) is 50.1. The predicted octanol–water partition coefficient (Wildman–Crippen LogP) is 14.5. The maximum absolute atomic E-state index is 13.0. The van der Waals surface area contributed by atoms with Crippen molar-refractivity contribution in [1.82, 2.24) is 5.32 Å². The molecule has 404 valence electrons. The first kappa shape index (κ1) is 65.2. The molecule has 1 aliphatic rings. The highest BCUT2D eigenvalue weighted by atomic mass is 16.7. The molecule has 0 aromatic carbocycles. The zero-order valence-electron chi connectivity index (χ0n) is 44.8. The van der Waals surface area contributed by atoms with Crippen LogP contribution in [-0.4, -0.2) is 87.5 Å². The maximum atomic E-state index is 13.0. The Labute approximate surface area is 424 Å². The van der Waals surface area contributed by atoms with Crippen molar-refractivity contribution in [1.29, 1.82) is 0 Å². The molecule has 7 unspecified atom stereocenters. The average molecular weight is 975 g/mol. The van der Waals surface area contributed by atoms with Crippen molar-refractivity contribution in [2.75, 3.05) is 13.2 Å². The second-order valence-electron chi connectivity index (χ2n) is 20.4. The molecule has 1 heterocycles. The first-order valence-corrected chi connectivity index (χ1v) is 29.4. The fraction of sp³-hybridized carbons (Fsp3) is 0.850. The standard InChI is InChI=1S/C60H111NO8/c1-3-5-7-9-11-13-15-17-18-19-20-21-22-23-24-25-26-27-28-29-30-31-32-33-34-35-36-38-40-42-44-46-48-50-56(64)61-53(52-68-60-59(67)58(66)57(65)55(51-62)69-60)54(63)49-47-45-43-41-39-37-16-14-12-10-8-6-4-2/h15,17,19-20,22-23,47,49,53-55,57-60,62-63,65-67H,3-14,16,18,21,24-46,48,50-52H2,1-2H3,(H,61,64)/b17-15-,20-19-,23-22-,49-47+. The molecule has 1 saturated heterocycles. The average Bonchev–Trinajstić information content (AvgIpc) is 3.35. The van der Waals surface area contributed by atoms with Gasteiger partial charge >= 0.3 is 0 Å². The molecule has 6 N–H and O–H groups in total. The molecule has 69 heavy (non-hydrogen) atoms. The van der Waals surface area contributed by atoms with Crippen LogP contribution in [0, 0.1) is 0 Å². The topological polar surface area (TPSA) is 149 Å². The summed E-state index contributed by atoms with van der Waals surface area (Å²) in [5.41, 5.74) is 0. The van der Waals surface area contributed by atoms with Gasteiger partial charge in [-0.05, 0) is 57.8 Å². The first-order valence-electron chi connectivity index (χ1n) is 29.4. The van der Waals surface area contributed by atoms with Gasteiger partial charge < -0.3 is 40.3 Å². The van der Waals surface area contributed by atoms with E-state index in [1.807, 2.05) is 6.08 Å². The Morgan fingerprint density at radius 1 is 0.493 bits per heavy atom. The van der Waals surface area contributed by atoms with Crippen LogP contribution in [-0.2, 0) is 14.3 Å². The molecule has 0 aromatic rings. The Balaban J connectivity index is 2.12. The van der Waals surface area contributed by atoms with Gasteiger partial charge in [-0.15, -0.1) is 0 Å². The van der Waals surface area contributed by atoms with Gasteiger partial charge in [0.2, 0.25) is 5.91 Å². The number of hydrogen-bond acceptors (Lipinski definition) is 8. The number of amides is 1. The van der Waals surface area contributed by atoms with Gasteiger partial charge in [-0.1, -0.05) is 255 Å². The molecule has 1 rings (SSSR count). The summed E-state index contributed by atoms with van der Waals surface area (Å²) in [7, 11) is 0. The summed E-state index contributed by atoms with van der Waals surface area (Å²) < 4.78 is 11.2. The Morgan fingerprint density at radius 3 is 1.26 bits per heavy atom. The molecule has 9 nitrogen and oxygen atoms in total. The molecule has 0 spiro atoms. The van der Waals surface area contributed by atoms with Crippen LogP contribution in [0.25, 0.3) is 0 Å². The summed E-state index contributed by atoms with van der Waals surface area (Å²) in [5, 5.41) is 54.4. The number of allylic oxidation sites excluding steroid dienone is 7. The van der Waals surface area contributed by atoms with Crippen LogP contribution in [0.4, 0.5) is 0 Å². The summed E-state index contributed by atoms with van der Waals surface area (Å²) in [5.74, 6) is -0.175. The fourth-order valence-electron chi connectivity index (χ4n) is 9.22. The Bertz CT molecular complexity index is 1220. The predicted molar refractivity (Wildman–Crippen MR) is 290 cm³/mol. The monoisotopic (exact) mass is 974 g/mol. The molecule has 0 aromatic heterocycles. The lowest BCUT2D eigenvalue weighted by Gasteiger charge is -2.40. The SMILES string of the molecule is CCCCCCC/C=C\C/C=C\C/C=C\CCCCCCCCCCCCCCCCCCCCC(=O)NC(COC1OC(CO)C(O)C(O)C1O)C(O)/C=C/CCCCCCCCCCCCC. The molecule has 1 fully saturated rings. The minimum absolute atomic E-state index is 0.175. The number of hydrogen-bond donors (Lipinski definition) is 6. The van der Waals surface area contributed by atoms with Crippen LogP contribution in [0.3, 0.4) is 0 Å². The Morgan fingerprint density at radius 2 is 0.855 bits per heavy atom. The molecule has 7 atom stereocenters. The molecular formula is C60H111NO8. The third kappa shape index (κ3) is 39.4. The van der Waals surface area contributed by atoms with E-state index in [0.717, 1.165) is 51.4 Å². The van der Waals surface area contributed by atoms with E-state index in [1.54, 1.807) is 6.08 Å². The van der Waals surface area contributed by atoms with Crippen molar-refractivity contribution in [3.63, 3.8) is 0 Å². The number of aliphatic hydroxyl groups excluding tert-OH is 5. The number of ether oxygens (including phenoxy) is 2. The van der Waals surface area contributed by atoms with Crippen LogP contribution in [0.2, 0.25) is 0 Å². The quantitative estimate of drug-likeness (QED) is 0.0261. The minimum Gasteiger partial charge on any atom is -0.394 e. The Hall–Kier alpha value is -1.85. The van der Waals surface area contributed by atoms with E-state index in [-0.39, 0.29) is 12.5 Å². The van der Waals surface area contributed by atoms with E-state index >= 15 is 0 Å². The van der Waals surface area contributed by atoms with Crippen LogP contribution in [0.15, 0.2) is 48.6 Å². The zero-order valence-corrected chi connectivity index (χ0v) is 44.8. The molecule has 1 aliphatic heterocycles. The van der Waals surface area contributed by atoms with Crippen LogP contribution in [0.1, 0.15) is 271 Å². The number of aliphatic hydroxyl groups is 5. The first-order chi connectivity index (χ1) is 33.8. The molecule has 0 bridgehead atoms. The van der Waals surface area contributed by atoms with Gasteiger partial charge in [0.05, 0.1) is 25.4 Å². The van der Waals surface area contributed by atoms with Gasteiger partial charge in [-0.25, -0.2) is 0 Å². The van der Waals surface area contributed by atoms with Gasteiger partial charge in [0.1, 0.15) is 24.4 Å². The number of rotatable bonds is 50. The van der Waals surface area contributed by atoms with Gasteiger partial charge in [0.15, 0.2) is 6.29 Å². The summed E-state index contributed by atoms with van der Waals surface area (Å²) in [4.78, 5) is 13.0. The fourth-order valence-corrected chi connectivity index (χ4v) is 9.22. The van der Waals surface area contributed by atoms with Crippen molar-refractivity contribution in [3.8, 4) is 0 Å². The molecule has 9 heteroatoms. The van der Waals surface area contributed by atoms with E-state index in [0.29, 0.717) is 6.42 Å². The van der Waals surface area contributed by atoms with Crippen LogP contribution < -0.4 is 5.32 Å². The highest BCUT2D eigenvalue weighted by molar-refractivity contribution is 5.76. The van der Waals surface area contributed by atoms with Gasteiger partial charge in [-0.3, -0.25) is 4.79 Å². The number of nitrogens with one attached hydrogen (secondary N) is 1. The normalized spacial score (nSPS) is 19.8. The van der Waals surface area contributed by atoms with Crippen LogP contribution >= 0.6 is 0 Å². The van der Waals surface area contributed by atoms with Gasteiger partial charge in [-0.2, -0.15) is 0 Å². The summed E-state index contributed by atoms with van der Waals surface area (Å²) in [6.07, 6.45) is 59.0. The van der Waals surface area contributed by atoms with E-state index in [4.69, 9.17) is 9.47 Å². The molecule has 1 amide bonds. The largest absolute Gasteiger partial charge is 0.394 e. The van der Waals surface area contributed by atoms with Crippen molar-refractivity contribution in [2.24, 2.45) is 0 Å². The third-order valence-electron chi connectivity index (χ3n) is 13.9. The highest BCUT2D eigenvalue weighted by Gasteiger charge is 2.44. The van der Waals surface area contributed by atoms with E-state index < -0.39 is 49.5 Å². The number of unbranched alkanes of at least 4 members (excludes halogenated alkanes) is 34. The lowest BCUT2D eigenvalue weighted by molar-refractivity contribution is -0.302. The smallest absolute Gasteiger partial charge is 0.220 e. The number of carbonyl (C=O) groups excluding carboxylic acids is 1. The minimum atomic E-state index is -1.57. The van der Waals surface area contributed by atoms with Gasteiger partial charge in [0.25, 0.3) is 0 Å². The second-order valence-corrected chi connectivity index (χ2v) is 20.4. The van der Waals surface area contributed by atoms with Crippen molar-refractivity contribution < 1.29 is 39.8 Å². The van der Waals surface area contributed by atoms with Crippen molar-refractivity contribution in [2.45, 2.75) is 314 Å². The molecule has 0 radical (unpaired) electrons. The van der Waals surface area contributed by atoms with Crippen molar-refractivity contribution >= 4 is 5.91 Å². The molecular weight excluding hydrogens is 863 g/mol. The maximum Gasteiger partial charge on any atom is 0.220 e. The van der Waals surface area contributed by atoms with Crippen molar-refractivity contribution in [3.05, 3.63) is 48.6 Å². The van der Waals surface area contributed by atoms with E-state index in [9.17, 15) is 30.3 Å². The van der Waals surface area contributed by atoms with Gasteiger partial charge in [0, 0.05) is 6.42 Å². The molecule has 0 saturated carbocycles. The summed E-state index contributed by atoms with van der Waals surface area (Å²) in [6.45, 7) is 3.77. The van der Waals surface area contributed by atoms with E-state index in [2.05, 4.69) is 55.6 Å². The highest BCUT2D eigenvalue weighted by Crippen LogP contribution is 2.23.